The minimum Gasteiger partial charge on any atom is -0.508 e. The lowest BCUT2D eigenvalue weighted by Gasteiger charge is -2.09. The van der Waals surface area contributed by atoms with E-state index in [1.807, 2.05) is 6.92 Å². The second-order valence-corrected chi connectivity index (χ2v) is 2.90. The van der Waals surface area contributed by atoms with Crippen molar-refractivity contribution in [1.82, 2.24) is 0 Å². The smallest absolute Gasteiger partial charge is 0.154 e. The van der Waals surface area contributed by atoms with E-state index in [0.717, 1.165) is 0 Å². The van der Waals surface area contributed by atoms with Crippen molar-refractivity contribution < 1.29 is 15.0 Å². The molecule has 0 saturated heterocycles. The number of phenolic OH excluding ortho intramolecular Hbond substituents is 2. The molecule has 0 amide bonds. The second-order valence-electron chi connectivity index (χ2n) is 2.90. The molecular weight excluding hydrogens is 168 g/mol. The number of benzene rings is 1. The van der Waals surface area contributed by atoms with Gasteiger partial charge in [-0.3, -0.25) is 4.79 Å². The molecule has 0 aliphatic rings. The Labute approximate surface area is 76.6 Å². The molecule has 0 atom stereocenters. The van der Waals surface area contributed by atoms with Crippen molar-refractivity contribution in [3.63, 3.8) is 0 Å². The molecule has 0 spiro atoms. The molecule has 0 radical (unpaired) electrons. The van der Waals surface area contributed by atoms with E-state index >= 15 is 0 Å². The Bertz CT molecular complexity index is 343. The number of rotatable bonds is 2. The largest absolute Gasteiger partial charge is 0.508 e. The number of carbonyl (C=O) groups is 1. The number of phenols is 2. The van der Waals surface area contributed by atoms with E-state index in [0.29, 0.717) is 23.8 Å². The number of hydrogen-bond acceptors (Lipinski definition) is 3. The molecule has 2 N–H and O–H groups in total. The molecule has 13 heavy (non-hydrogen) atoms. The number of carbonyl (C=O) groups excluding carboxylic acids is 1. The molecule has 3 heteroatoms. The van der Waals surface area contributed by atoms with Gasteiger partial charge in [0.2, 0.25) is 0 Å². The zero-order valence-corrected chi connectivity index (χ0v) is 7.66. The van der Waals surface area contributed by atoms with Crippen LogP contribution in [-0.2, 0) is 6.42 Å². The highest BCUT2D eigenvalue weighted by Crippen LogP contribution is 2.30. The maximum absolute atomic E-state index is 10.6. The van der Waals surface area contributed by atoms with Gasteiger partial charge >= 0.3 is 0 Å². The van der Waals surface area contributed by atoms with Gasteiger partial charge in [0.25, 0.3) is 0 Å². The summed E-state index contributed by atoms with van der Waals surface area (Å²) in [5.74, 6) is -0.120. The molecule has 0 bridgehead atoms. The topological polar surface area (TPSA) is 57.5 Å². The van der Waals surface area contributed by atoms with Crippen LogP contribution in [0.4, 0.5) is 0 Å². The summed E-state index contributed by atoms with van der Waals surface area (Å²) in [6, 6.07) is 1.20. The molecular formula is C10H12O3. The van der Waals surface area contributed by atoms with Gasteiger partial charge in [-0.25, -0.2) is 0 Å². The lowest BCUT2D eigenvalue weighted by molar-refractivity contribution is 0.112. The van der Waals surface area contributed by atoms with Gasteiger partial charge in [-0.1, -0.05) is 6.92 Å². The van der Waals surface area contributed by atoms with Crippen LogP contribution in [0.15, 0.2) is 6.07 Å². The average Bonchev–Trinajstić information content (AvgIpc) is 2.04. The third-order valence-electron chi connectivity index (χ3n) is 2.19. The first kappa shape index (κ1) is 9.58. The molecule has 0 heterocycles. The van der Waals surface area contributed by atoms with Crippen LogP contribution in [0.5, 0.6) is 11.5 Å². The minimum atomic E-state index is -0.165. The van der Waals surface area contributed by atoms with Crippen LogP contribution in [0.3, 0.4) is 0 Å². The third kappa shape index (κ3) is 1.49. The first-order chi connectivity index (χ1) is 6.11. The van der Waals surface area contributed by atoms with Crippen molar-refractivity contribution in [3.8, 4) is 11.5 Å². The lowest BCUT2D eigenvalue weighted by atomic mass is 9.99. The first-order valence-electron chi connectivity index (χ1n) is 4.11. The molecule has 0 aliphatic carbocycles. The van der Waals surface area contributed by atoms with Crippen molar-refractivity contribution in [2.24, 2.45) is 0 Å². The number of aromatic hydroxyl groups is 2. The predicted molar refractivity (Wildman–Crippen MR) is 49.3 cm³/mol. The van der Waals surface area contributed by atoms with Crippen LogP contribution < -0.4 is 0 Å². The Morgan fingerprint density at radius 1 is 1.38 bits per heavy atom. The fourth-order valence-corrected chi connectivity index (χ4v) is 1.44. The Morgan fingerprint density at radius 2 is 2.00 bits per heavy atom. The highest BCUT2D eigenvalue weighted by molar-refractivity contribution is 5.83. The maximum atomic E-state index is 10.6. The van der Waals surface area contributed by atoms with Crippen molar-refractivity contribution in [2.75, 3.05) is 0 Å². The normalized spacial score (nSPS) is 10.0. The van der Waals surface area contributed by atoms with Gasteiger partial charge < -0.3 is 10.2 Å². The van der Waals surface area contributed by atoms with Gasteiger partial charge in [0.15, 0.2) is 6.29 Å². The Hall–Kier alpha value is -1.51. The van der Waals surface area contributed by atoms with Crippen molar-refractivity contribution in [3.05, 3.63) is 22.8 Å². The van der Waals surface area contributed by atoms with E-state index < -0.39 is 0 Å². The van der Waals surface area contributed by atoms with Crippen LogP contribution in [0, 0.1) is 6.92 Å². The molecule has 3 nitrogen and oxygen atoms in total. The average molecular weight is 180 g/mol. The summed E-state index contributed by atoms with van der Waals surface area (Å²) in [7, 11) is 0. The minimum absolute atomic E-state index is 0.0445. The van der Waals surface area contributed by atoms with Crippen LogP contribution in [-0.4, -0.2) is 16.5 Å². The number of aldehydes is 1. The summed E-state index contributed by atoms with van der Waals surface area (Å²) in [5, 5.41) is 18.7. The Morgan fingerprint density at radius 3 is 2.46 bits per heavy atom. The zero-order chi connectivity index (χ0) is 10.0. The van der Waals surface area contributed by atoms with Gasteiger partial charge in [-0.2, -0.15) is 0 Å². The first-order valence-corrected chi connectivity index (χ1v) is 4.11. The standard InChI is InChI=1S/C10H12O3/c1-3-7-6(2)8(5-11)10(13)4-9(7)12/h4-5,12-13H,3H2,1-2H3. The van der Waals surface area contributed by atoms with E-state index in [4.69, 9.17) is 0 Å². The summed E-state index contributed by atoms with van der Waals surface area (Å²) >= 11 is 0. The monoisotopic (exact) mass is 180 g/mol. The molecule has 0 saturated carbocycles. The highest BCUT2D eigenvalue weighted by atomic mass is 16.3. The van der Waals surface area contributed by atoms with Gasteiger partial charge in [-0.15, -0.1) is 0 Å². The summed E-state index contributed by atoms with van der Waals surface area (Å²) in [4.78, 5) is 10.6. The molecule has 1 aromatic rings. The molecule has 70 valence electrons. The quantitative estimate of drug-likeness (QED) is 0.682. The third-order valence-corrected chi connectivity index (χ3v) is 2.19. The Balaban J connectivity index is 3.47. The maximum Gasteiger partial charge on any atom is 0.154 e. The van der Waals surface area contributed by atoms with Crippen LogP contribution in [0.1, 0.15) is 28.4 Å². The van der Waals surface area contributed by atoms with E-state index in [9.17, 15) is 15.0 Å². The molecule has 1 rings (SSSR count). The SMILES string of the molecule is CCc1c(O)cc(O)c(C=O)c1C. The fourth-order valence-electron chi connectivity index (χ4n) is 1.44. The van der Waals surface area contributed by atoms with E-state index in [1.165, 1.54) is 6.07 Å². The molecule has 1 aromatic carbocycles. The summed E-state index contributed by atoms with van der Waals surface area (Å²) in [6.45, 7) is 3.59. The van der Waals surface area contributed by atoms with Crippen molar-refractivity contribution >= 4 is 6.29 Å². The lowest BCUT2D eigenvalue weighted by Crippen LogP contribution is -1.94. The van der Waals surface area contributed by atoms with E-state index in [1.54, 1.807) is 6.92 Å². The summed E-state index contributed by atoms with van der Waals surface area (Å²) in [6.07, 6.45) is 1.24. The van der Waals surface area contributed by atoms with Gasteiger partial charge in [0, 0.05) is 6.07 Å². The van der Waals surface area contributed by atoms with Gasteiger partial charge in [-0.05, 0) is 24.5 Å². The molecule has 0 unspecified atom stereocenters. The highest BCUT2D eigenvalue weighted by Gasteiger charge is 2.11. The van der Waals surface area contributed by atoms with Gasteiger partial charge in [0.1, 0.15) is 11.5 Å². The summed E-state index contributed by atoms with van der Waals surface area (Å²) < 4.78 is 0. The van der Waals surface area contributed by atoms with E-state index in [2.05, 4.69) is 0 Å². The molecule has 0 aromatic heterocycles. The van der Waals surface area contributed by atoms with Crippen molar-refractivity contribution in [1.29, 1.82) is 0 Å². The summed E-state index contributed by atoms with van der Waals surface area (Å²) in [5.41, 5.74) is 1.62. The Kier molecular flexibility index (Phi) is 2.56. The molecule has 0 fully saturated rings. The van der Waals surface area contributed by atoms with Crippen LogP contribution in [0.2, 0.25) is 0 Å². The fraction of sp³-hybridized carbons (Fsp3) is 0.300. The van der Waals surface area contributed by atoms with Gasteiger partial charge in [0.05, 0.1) is 5.56 Å². The van der Waals surface area contributed by atoms with Crippen LogP contribution >= 0.6 is 0 Å². The zero-order valence-electron chi connectivity index (χ0n) is 7.66. The second kappa shape index (κ2) is 3.47. The number of hydrogen-bond donors (Lipinski definition) is 2. The van der Waals surface area contributed by atoms with Crippen molar-refractivity contribution in [2.45, 2.75) is 20.3 Å². The van der Waals surface area contributed by atoms with E-state index in [-0.39, 0.29) is 17.1 Å². The predicted octanol–water partition coefficient (Wildman–Crippen LogP) is 1.78. The van der Waals surface area contributed by atoms with Crippen LogP contribution in [0.25, 0.3) is 0 Å². The molecule has 0 aliphatic heterocycles.